The summed E-state index contributed by atoms with van der Waals surface area (Å²) in [5.41, 5.74) is -0.258. The number of carbonyl (C=O) groups is 2. The maximum absolute atomic E-state index is 13.4. The van der Waals surface area contributed by atoms with Crippen LogP contribution in [0.3, 0.4) is 0 Å². The number of hydrogen-bond acceptors (Lipinski definition) is 2. The van der Waals surface area contributed by atoms with Gasteiger partial charge in [0, 0.05) is 17.6 Å². The van der Waals surface area contributed by atoms with Crippen LogP contribution >= 0.6 is 11.6 Å². The molecule has 0 aliphatic carbocycles. The van der Waals surface area contributed by atoms with Crippen molar-refractivity contribution in [3.63, 3.8) is 0 Å². The summed E-state index contributed by atoms with van der Waals surface area (Å²) in [4.78, 5) is 21.3. The predicted octanol–water partition coefficient (Wildman–Crippen LogP) is 2.81. The van der Waals surface area contributed by atoms with E-state index in [0.717, 1.165) is 12.1 Å². The number of hydrogen-bond donors (Lipinski definition) is 2. The highest BCUT2D eigenvalue weighted by Gasteiger charge is 2.12. The van der Waals surface area contributed by atoms with Gasteiger partial charge >= 0.3 is 11.9 Å². The van der Waals surface area contributed by atoms with E-state index in [0.29, 0.717) is 0 Å². The lowest BCUT2D eigenvalue weighted by molar-refractivity contribution is -0.137. The molecule has 6 heteroatoms. The molecule has 0 amide bonds. The molecule has 0 saturated carbocycles. The van der Waals surface area contributed by atoms with Crippen molar-refractivity contribution in [1.82, 2.24) is 0 Å². The van der Waals surface area contributed by atoms with E-state index in [2.05, 4.69) is 0 Å². The molecule has 18 heavy (non-hydrogen) atoms. The molecule has 1 aromatic carbocycles. The van der Waals surface area contributed by atoms with Gasteiger partial charge in [-0.15, -0.1) is 0 Å². The Morgan fingerprint density at radius 2 is 1.94 bits per heavy atom. The van der Waals surface area contributed by atoms with E-state index < -0.39 is 17.8 Å². The molecule has 2 N–H and O–H groups in total. The lowest BCUT2D eigenvalue weighted by Crippen LogP contribution is -2.04. The maximum atomic E-state index is 13.4. The normalized spacial score (nSPS) is 11.3. The molecule has 1 aromatic rings. The molecule has 0 aliphatic rings. The summed E-state index contributed by atoms with van der Waals surface area (Å²) in [6, 6.07) is 3.97. The van der Waals surface area contributed by atoms with E-state index in [1.54, 1.807) is 0 Å². The molecule has 0 fully saturated rings. The summed E-state index contributed by atoms with van der Waals surface area (Å²) in [7, 11) is 0. The summed E-state index contributed by atoms with van der Waals surface area (Å²) in [6.07, 6.45) is 0.516. The molecule has 96 valence electrons. The van der Waals surface area contributed by atoms with Crippen molar-refractivity contribution in [2.24, 2.45) is 0 Å². The molecule has 0 radical (unpaired) electrons. The zero-order valence-corrected chi connectivity index (χ0v) is 9.95. The minimum atomic E-state index is -1.30. The highest BCUT2D eigenvalue weighted by molar-refractivity contribution is 6.32. The Balaban J connectivity index is 3.08. The third kappa shape index (κ3) is 3.85. The zero-order valence-electron chi connectivity index (χ0n) is 9.19. The second-order valence-electron chi connectivity index (χ2n) is 3.50. The van der Waals surface area contributed by atoms with Gasteiger partial charge in [-0.05, 0) is 24.6 Å². The average molecular weight is 273 g/mol. The van der Waals surface area contributed by atoms with Crippen molar-refractivity contribution in [3.05, 3.63) is 40.2 Å². The van der Waals surface area contributed by atoms with Crippen LogP contribution in [0.5, 0.6) is 0 Å². The van der Waals surface area contributed by atoms with Gasteiger partial charge in [-0.3, -0.25) is 4.79 Å². The third-order valence-electron chi connectivity index (χ3n) is 2.20. The highest BCUT2D eigenvalue weighted by atomic mass is 35.5. The first-order chi connectivity index (χ1) is 8.41. The van der Waals surface area contributed by atoms with Gasteiger partial charge < -0.3 is 10.2 Å². The Kier molecular flexibility index (Phi) is 4.85. The number of aliphatic carboxylic acids is 2. The van der Waals surface area contributed by atoms with Crippen LogP contribution in [0.2, 0.25) is 5.02 Å². The number of rotatable bonds is 5. The second kappa shape index (κ2) is 6.16. The standard InChI is InChI=1S/C12H10ClFO4/c13-9-2-1-3-10(14)8(9)6-7(12(17)18)4-5-11(15)16/h1-3,6H,4-5H2,(H,15,16)(H,17,18)/b7-6+. The van der Waals surface area contributed by atoms with Gasteiger partial charge in [-0.25, -0.2) is 9.18 Å². The Bertz CT molecular complexity index is 491. The number of benzene rings is 1. The number of halogens is 2. The van der Waals surface area contributed by atoms with Crippen LogP contribution in [0.1, 0.15) is 18.4 Å². The van der Waals surface area contributed by atoms with Crippen LogP contribution in [0, 0.1) is 5.82 Å². The Hall–Kier alpha value is -1.88. The second-order valence-corrected chi connectivity index (χ2v) is 3.91. The lowest BCUT2D eigenvalue weighted by atomic mass is 10.1. The minimum absolute atomic E-state index is 0.0537. The Morgan fingerprint density at radius 1 is 1.28 bits per heavy atom. The first-order valence-corrected chi connectivity index (χ1v) is 5.39. The van der Waals surface area contributed by atoms with Crippen molar-refractivity contribution in [2.45, 2.75) is 12.8 Å². The molecule has 0 aromatic heterocycles. The molecular formula is C12H10ClFO4. The highest BCUT2D eigenvalue weighted by Crippen LogP contribution is 2.23. The molecule has 1 rings (SSSR count). The van der Waals surface area contributed by atoms with Crippen molar-refractivity contribution >= 4 is 29.6 Å². The Morgan fingerprint density at radius 3 is 2.44 bits per heavy atom. The topological polar surface area (TPSA) is 74.6 Å². The van der Waals surface area contributed by atoms with Crippen LogP contribution in [0.15, 0.2) is 23.8 Å². The van der Waals surface area contributed by atoms with Gasteiger partial charge in [-0.2, -0.15) is 0 Å². The molecule has 0 heterocycles. The van der Waals surface area contributed by atoms with Crippen LogP contribution < -0.4 is 0 Å². The first-order valence-electron chi connectivity index (χ1n) is 5.01. The van der Waals surface area contributed by atoms with Gasteiger partial charge in [0.2, 0.25) is 0 Å². The largest absolute Gasteiger partial charge is 0.481 e. The van der Waals surface area contributed by atoms with Gasteiger partial charge in [-0.1, -0.05) is 17.7 Å². The minimum Gasteiger partial charge on any atom is -0.481 e. The fourth-order valence-corrected chi connectivity index (χ4v) is 1.52. The predicted molar refractivity (Wildman–Crippen MR) is 63.9 cm³/mol. The van der Waals surface area contributed by atoms with Crippen molar-refractivity contribution in [3.8, 4) is 0 Å². The van der Waals surface area contributed by atoms with E-state index in [1.165, 1.54) is 12.1 Å². The molecule has 0 bridgehead atoms. The fraction of sp³-hybridized carbons (Fsp3) is 0.167. The van der Waals surface area contributed by atoms with Crippen molar-refractivity contribution < 1.29 is 24.2 Å². The van der Waals surface area contributed by atoms with E-state index >= 15 is 0 Å². The summed E-state index contributed by atoms with van der Waals surface area (Å²) in [5, 5.41) is 17.5. The molecule has 4 nitrogen and oxygen atoms in total. The molecule has 0 unspecified atom stereocenters. The molecule has 0 aliphatic heterocycles. The number of carboxylic acid groups (broad SMARTS) is 2. The molecular weight excluding hydrogens is 263 g/mol. The summed E-state index contributed by atoms with van der Waals surface area (Å²) >= 11 is 5.75. The molecule has 0 saturated heterocycles. The van der Waals surface area contributed by atoms with Gasteiger partial charge in [0.25, 0.3) is 0 Å². The summed E-state index contributed by atoms with van der Waals surface area (Å²) in [5.74, 6) is -3.08. The van der Waals surface area contributed by atoms with Gasteiger partial charge in [0.1, 0.15) is 5.82 Å². The van der Waals surface area contributed by atoms with Crippen LogP contribution in [0.4, 0.5) is 4.39 Å². The smallest absolute Gasteiger partial charge is 0.331 e. The average Bonchev–Trinajstić information content (AvgIpc) is 2.26. The van der Waals surface area contributed by atoms with E-state index in [1.807, 2.05) is 0 Å². The van der Waals surface area contributed by atoms with Crippen LogP contribution in [0.25, 0.3) is 6.08 Å². The SMILES string of the molecule is O=C(O)CC/C(=C\c1c(F)cccc1Cl)C(=O)O. The summed E-state index contributed by atoms with van der Waals surface area (Å²) in [6.45, 7) is 0. The van der Waals surface area contributed by atoms with Crippen molar-refractivity contribution in [1.29, 1.82) is 0 Å². The summed E-state index contributed by atoms with van der Waals surface area (Å²) < 4.78 is 13.4. The van der Waals surface area contributed by atoms with Gasteiger partial charge in [0.15, 0.2) is 0 Å². The molecule has 0 atom stereocenters. The van der Waals surface area contributed by atoms with Crippen LogP contribution in [-0.2, 0) is 9.59 Å². The maximum Gasteiger partial charge on any atom is 0.331 e. The van der Waals surface area contributed by atoms with E-state index in [4.69, 9.17) is 21.8 Å². The van der Waals surface area contributed by atoms with Crippen molar-refractivity contribution in [2.75, 3.05) is 0 Å². The zero-order chi connectivity index (χ0) is 13.7. The van der Waals surface area contributed by atoms with E-state index in [-0.39, 0.29) is 29.0 Å². The number of carboxylic acids is 2. The quantitative estimate of drug-likeness (QED) is 0.808. The van der Waals surface area contributed by atoms with Gasteiger partial charge in [0.05, 0.1) is 5.02 Å². The van der Waals surface area contributed by atoms with E-state index in [9.17, 15) is 14.0 Å². The van der Waals surface area contributed by atoms with Crippen LogP contribution in [-0.4, -0.2) is 22.2 Å². The third-order valence-corrected chi connectivity index (χ3v) is 2.53. The first kappa shape index (κ1) is 14.2. The lowest BCUT2D eigenvalue weighted by Gasteiger charge is -2.03. The molecule has 0 spiro atoms. The monoisotopic (exact) mass is 272 g/mol. The Labute approximate surface area is 107 Å². The fourth-order valence-electron chi connectivity index (χ4n) is 1.31.